The van der Waals surface area contributed by atoms with E-state index >= 15 is 0 Å². The van der Waals surface area contributed by atoms with Crippen LogP contribution in [0.2, 0.25) is 0 Å². The molecule has 1 aliphatic carbocycles. The number of likely N-dealkylation sites (tertiary alicyclic amines) is 1. The number of aliphatic hydroxyl groups is 1. The fraction of sp³-hybridized carbons (Fsp3) is 0.550. The minimum atomic E-state index is -0.282. The van der Waals surface area contributed by atoms with E-state index in [2.05, 4.69) is 11.1 Å². The number of piperidine rings is 1. The standard InChI is InChI=1S/C20H26N2O3/c1-2-25-18-12-17(23)20(18)7-9-22(10-8-20)19(24)11-14-13-21-16-6-4-3-5-15(14)16/h3-6,13,17-18,21,23H,2,7-12H2,1H3/t17-,18+/m0/s1. The highest BCUT2D eigenvalue weighted by Crippen LogP contribution is 2.50. The Hall–Kier alpha value is -1.85. The molecule has 2 heterocycles. The van der Waals surface area contributed by atoms with E-state index in [9.17, 15) is 9.90 Å². The number of hydrogen-bond donors (Lipinski definition) is 2. The van der Waals surface area contributed by atoms with Crippen LogP contribution < -0.4 is 0 Å². The number of hydrogen-bond acceptors (Lipinski definition) is 3. The molecule has 134 valence electrons. The van der Waals surface area contributed by atoms with E-state index in [1.54, 1.807) is 0 Å². The van der Waals surface area contributed by atoms with Crippen LogP contribution in [0, 0.1) is 5.41 Å². The van der Waals surface area contributed by atoms with Gasteiger partial charge in [-0.3, -0.25) is 4.79 Å². The topological polar surface area (TPSA) is 65.6 Å². The molecular formula is C20H26N2O3. The third kappa shape index (κ3) is 2.75. The first-order chi connectivity index (χ1) is 12.1. The van der Waals surface area contributed by atoms with Gasteiger partial charge < -0.3 is 19.7 Å². The molecule has 4 rings (SSSR count). The summed E-state index contributed by atoms with van der Waals surface area (Å²) in [5.74, 6) is 0.168. The first-order valence-electron chi connectivity index (χ1n) is 9.26. The molecule has 0 unspecified atom stereocenters. The Bertz CT molecular complexity index is 759. The van der Waals surface area contributed by atoms with Gasteiger partial charge in [-0.15, -0.1) is 0 Å². The minimum Gasteiger partial charge on any atom is -0.392 e. The highest BCUT2D eigenvalue weighted by Gasteiger charge is 2.56. The van der Waals surface area contributed by atoms with Gasteiger partial charge in [0, 0.05) is 48.6 Å². The van der Waals surface area contributed by atoms with Crippen molar-refractivity contribution in [1.29, 1.82) is 0 Å². The maximum atomic E-state index is 12.7. The number of carbonyl (C=O) groups excluding carboxylic acids is 1. The van der Waals surface area contributed by atoms with E-state index in [0.29, 0.717) is 26.1 Å². The number of rotatable bonds is 4. The van der Waals surface area contributed by atoms with Crippen molar-refractivity contribution in [3.8, 4) is 0 Å². The zero-order valence-electron chi connectivity index (χ0n) is 14.7. The number of nitrogens with one attached hydrogen (secondary N) is 1. The zero-order chi connectivity index (χ0) is 17.4. The van der Waals surface area contributed by atoms with Crippen LogP contribution in [0.4, 0.5) is 0 Å². The number of nitrogens with zero attached hydrogens (tertiary/aromatic N) is 1. The Morgan fingerprint density at radius 1 is 1.36 bits per heavy atom. The molecule has 0 radical (unpaired) electrons. The van der Waals surface area contributed by atoms with Crippen molar-refractivity contribution in [2.75, 3.05) is 19.7 Å². The van der Waals surface area contributed by atoms with Gasteiger partial charge >= 0.3 is 0 Å². The second kappa shape index (κ2) is 6.46. The van der Waals surface area contributed by atoms with Crippen LogP contribution in [-0.4, -0.2) is 52.8 Å². The van der Waals surface area contributed by atoms with Crippen molar-refractivity contribution in [2.24, 2.45) is 5.41 Å². The van der Waals surface area contributed by atoms with Gasteiger partial charge in [-0.2, -0.15) is 0 Å². The molecule has 2 fully saturated rings. The normalized spacial score (nSPS) is 25.3. The number of aliphatic hydroxyl groups excluding tert-OH is 1. The van der Waals surface area contributed by atoms with Crippen LogP contribution in [0.25, 0.3) is 10.9 Å². The number of fused-ring (bicyclic) bond motifs is 1. The molecule has 1 amide bonds. The maximum absolute atomic E-state index is 12.7. The molecule has 2 atom stereocenters. The summed E-state index contributed by atoms with van der Waals surface area (Å²) in [5, 5.41) is 11.4. The fourth-order valence-corrected chi connectivity index (χ4v) is 4.54. The van der Waals surface area contributed by atoms with Gasteiger partial charge in [-0.05, 0) is 31.4 Å². The second-order valence-corrected chi connectivity index (χ2v) is 7.35. The maximum Gasteiger partial charge on any atom is 0.227 e. The number of para-hydroxylation sites is 1. The molecule has 1 saturated heterocycles. The summed E-state index contributed by atoms with van der Waals surface area (Å²) in [4.78, 5) is 17.9. The van der Waals surface area contributed by atoms with Crippen LogP contribution in [-0.2, 0) is 16.0 Å². The van der Waals surface area contributed by atoms with Gasteiger partial charge in [0.1, 0.15) is 0 Å². The highest BCUT2D eigenvalue weighted by molar-refractivity contribution is 5.88. The third-order valence-electron chi connectivity index (χ3n) is 6.17. The van der Waals surface area contributed by atoms with Crippen LogP contribution in [0.1, 0.15) is 31.7 Å². The summed E-state index contributed by atoms with van der Waals surface area (Å²) in [5.41, 5.74) is 1.99. The lowest BCUT2D eigenvalue weighted by atomic mass is 9.58. The molecule has 2 aromatic rings. The summed E-state index contributed by atoms with van der Waals surface area (Å²) < 4.78 is 5.80. The Morgan fingerprint density at radius 3 is 2.84 bits per heavy atom. The summed E-state index contributed by atoms with van der Waals surface area (Å²) in [6.07, 6.45) is 4.63. The van der Waals surface area contributed by atoms with Crippen molar-refractivity contribution in [3.05, 3.63) is 36.0 Å². The Morgan fingerprint density at radius 2 is 2.12 bits per heavy atom. The summed E-state index contributed by atoms with van der Waals surface area (Å²) in [6.45, 7) is 4.10. The minimum absolute atomic E-state index is 0.131. The summed E-state index contributed by atoms with van der Waals surface area (Å²) in [6, 6.07) is 8.07. The third-order valence-corrected chi connectivity index (χ3v) is 6.17. The Kier molecular flexibility index (Phi) is 4.29. The lowest BCUT2D eigenvalue weighted by Crippen LogP contribution is -2.62. The van der Waals surface area contributed by atoms with E-state index in [1.165, 1.54) is 0 Å². The average molecular weight is 342 g/mol. The lowest BCUT2D eigenvalue weighted by Gasteiger charge is -2.56. The van der Waals surface area contributed by atoms with Crippen molar-refractivity contribution in [1.82, 2.24) is 9.88 Å². The second-order valence-electron chi connectivity index (χ2n) is 7.35. The van der Waals surface area contributed by atoms with Crippen LogP contribution in [0.15, 0.2) is 30.5 Å². The molecule has 1 aliphatic heterocycles. The van der Waals surface area contributed by atoms with Gasteiger partial charge in [-0.1, -0.05) is 18.2 Å². The molecule has 1 aromatic heterocycles. The van der Waals surface area contributed by atoms with Gasteiger partial charge in [0.2, 0.25) is 5.91 Å². The van der Waals surface area contributed by atoms with Crippen LogP contribution >= 0.6 is 0 Å². The fourth-order valence-electron chi connectivity index (χ4n) is 4.54. The molecule has 2 aliphatic rings. The van der Waals surface area contributed by atoms with Crippen molar-refractivity contribution >= 4 is 16.8 Å². The lowest BCUT2D eigenvalue weighted by molar-refractivity contribution is -0.210. The number of ether oxygens (including phenoxy) is 1. The van der Waals surface area contributed by atoms with Crippen molar-refractivity contribution in [2.45, 2.75) is 44.8 Å². The van der Waals surface area contributed by atoms with Gasteiger partial charge in [-0.25, -0.2) is 0 Å². The zero-order valence-corrected chi connectivity index (χ0v) is 14.7. The molecule has 0 bridgehead atoms. The predicted octanol–water partition coefficient (Wildman–Crippen LogP) is 2.49. The largest absolute Gasteiger partial charge is 0.392 e. The molecule has 25 heavy (non-hydrogen) atoms. The van der Waals surface area contributed by atoms with Gasteiger partial charge in [0.15, 0.2) is 0 Å². The molecule has 1 saturated carbocycles. The molecular weight excluding hydrogens is 316 g/mol. The summed E-state index contributed by atoms with van der Waals surface area (Å²) >= 11 is 0. The van der Waals surface area contributed by atoms with Crippen molar-refractivity contribution < 1.29 is 14.6 Å². The van der Waals surface area contributed by atoms with Gasteiger partial charge in [0.25, 0.3) is 0 Å². The monoisotopic (exact) mass is 342 g/mol. The predicted molar refractivity (Wildman–Crippen MR) is 96.3 cm³/mol. The van der Waals surface area contributed by atoms with Crippen LogP contribution in [0.5, 0.6) is 0 Å². The number of aromatic nitrogens is 1. The smallest absolute Gasteiger partial charge is 0.227 e. The average Bonchev–Trinajstić information content (AvgIpc) is 3.05. The van der Waals surface area contributed by atoms with Crippen molar-refractivity contribution in [3.63, 3.8) is 0 Å². The highest BCUT2D eigenvalue weighted by atomic mass is 16.5. The Labute approximate surface area is 148 Å². The van der Waals surface area contributed by atoms with Crippen LogP contribution in [0.3, 0.4) is 0 Å². The van der Waals surface area contributed by atoms with E-state index < -0.39 is 0 Å². The quantitative estimate of drug-likeness (QED) is 0.897. The van der Waals surface area contributed by atoms with Gasteiger partial charge in [0.05, 0.1) is 18.6 Å². The number of benzene rings is 1. The first kappa shape index (κ1) is 16.6. The summed E-state index contributed by atoms with van der Waals surface area (Å²) in [7, 11) is 0. The molecule has 5 nitrogen and oxygen atoms in total. The molecule has 5 heteroatoms. The molecule has 1 aromatic carbocycles. The number of H-pyrrole nitrogens is 1. The molecule has 1 spiro atoms. The number of aromatic amines is 1. The SMILES string of the molecule is CCO[C@@H]1C[C@H](O)C12CCN(C(=O)Cc1c[nH]c3ccccc13)CC2. The number of carbonyl (C=O) groups is 1. The molecule has 2 N–H and O–H groups in total. The van der Waals surface area contributed by atoms with E-state index in [1.807, 2.05) is 36.2 Å². The van der Waals surface area contributed by atoms with E-state index in [-0.39, 0.29) is 23.5 Å². The number of amides is 1. The van der Waals surface area contributed by atoms with E-state index in [4.69, 9.17) is 4.74 Å². The first-order valence-corrected chi connectivity index (χ1v) is 9.26. The Balaban J connectivity index is 1.40. The van der Waals surface area contributed by atoms with E-state index in [0.717, 1.165) is 35.7 Å².